The van der Waals surface area contributed by atoms with Gasteiger partial charge in [0.1, 0.15) is 5.69 Å². The minimum absolute atomic E-state index is 0.0295. The van der Waals surface area contributed by atoms with Gasteiger partial charge in [0.15, 0.2) is 0 Å². The lowest BCUT2D eigenvalue weighted by molar-refractivity contribution is -0.384. The molecule has 1 atom stereocenters. The molecule has 1 rings (SSSR count). The predicted octanol–water partition coefficient (Wildman–Crippen LogP) is 0.0617. The molecule has 3 N–H and O–H groups in total. The lowest BCUT2D eigenvalue weighted by Gasteiger charge is -2.13. The van der Waals surface area contributed by atoms with E-state index in [0.29, 0.717) is 0 Å². The third-order valence-electron chi connectivity index (χ3n) is 2.59. The summed E-state index contributed by atoms with van der Waals surface area (Å²) in [4.78, 5) is 23.5. The fourth-order valence-electron chi connectivity index (χ4n) is 1.52. The average Bonchev–Trinajstić information content (AvgIpc) is 2.43. The number of nitro benzene ring substituents is 1. The summed E-state index contributed by atoms with van der Waals surface area (Å²) in [6.07, 6.45) is -1.02. The van der Waals surface area contributed by atoms with E-state index in [9.17, 15) is 20.0 Å². The number of nitrogens with one attached hydrogen (secondary N) is 1. The Kier molecular flexibility index (Phi) is 5.42. The van der Waals surface area contributed by atoms with Crippen molar-refractivity contribution in [2.45, 2.75) is 6.10 Å². The van der Waals surface area contributed by atoms with Crippen molar-refractivity contribution in [2.75, 3.05) is 32.6 Å². The van der Waals surface area contributed by atoms with Gasteiger partial charge in [-0.25, -0.2) is 0 Å². The largest absolute Gasteiger partial charge is 0.394 e. The zero-order valence-corrected chi connectivity index (χ0v) is 11.2. The molecule has 1 amide bonds. The number of hydrogen-bond acceptors (Lipinski definition) is 6. The van der Waals surface area contributed by atoms with Crippen LogP contribution in [0.5, 0.6) is 0 Å². The maximum Gasteiger partial charge on any atom is 0.293 e. The number of aliphatic hydroxyl groups excluding tert-OH is 2. The fraction of sp³-hybridized carbons (Fsp3) is 0.417. The first-order chi connectivity index (χ1) is 9.36. The summed E-state index contributed by atoms with van der Waals surface area (Å²) in [6.45, 7) is -0.476. The van der Waals surface area contributed by atoms with Crippen LogP contribution in [0, 0.1) is 10.1 Å². The number of nitrogens with zero attached hydrogens (tertiary/aromatic N) is 2. The number of carbonyl (C=O) groups is 1. The van der Waals surface area contributed by atoms with Gasteiger partial charge < -0.3 is 20.4 Å². The van der Waals surface area contributed by atoms with E-state index in [0.717, 1.165) is 0 Å². The van der Waals surface area contributed by atoms with Crippen LogP contribution >= 0.6 is 0 Å². The normalized spacial score (nSPS) is 11.8. The van der Waals surface area contributed by atoms with Crippen LogP contribution in [0.2, 0.25) is 0 Å². The molecule has 20 heavy (non-hydrogen) atoms. The minimum Gasteiger partial charge on any atom is -0.394 e. The maximum atomic E-state index is 11.8. The van der Waals surface area contributed by atoms with E-state index in [4.69, 9.17) is 5.11 Å². The Morgan fingerprint density at radius 1 is 1.50 bits per heavy atom. The molecule has 0 heterocycles. The van der Waals surface area contributed by atoms with Gasteiger partial charge in [-0.15, -0.1) is 0 Å². The Balaban J connectivity index is 3.02. The Hall–Kier alpha value is -2.19. The van der Waals surface area contributed by atoms with Gasteiger partial charge in [0.25, 0.3) is 11.6 Å². The molecular formula is C12H17N3O5. The lowest BCUT2D eigenvalue weighted by atomic mass is 10.1. The summed E-state index contributed by atoms with van der Waals surface area (Å²) in [5, 5.41) is 31.6. The van der Waals surface area contributed by atoms with Crippen molar-refractivity contribution in [1.29, 1.82) is 0 Å². The van der Waals surface area contributed by atoms with E-state index in [2.05, 4.69) is 5.32 Å². The molecule has 8 heteroatoms. The van der Waals surface area contributed by atoms with E-state index < -0.39 is 17.6 Å². The van der Waals surface area contributed by atoms with Gasteiger partial charge in [-0.3, -0.25) is 14.9 Å². The molecule has 0 saturated carbocycles. The molecule has 0 aliphatic rings. The Bertz CT molecular complexity index is 504. The van der Waals surface area contributed by atoms with Gasteiger partial charge in [-0.1, -0.05) is 0 Å². The van der Waals surface area contributed by atoms with Gasteiger partial charge in [0.05, 0.1) is 17.6 Å². The van der Waals surface area contributed by atoms with Gasteiger partial charge >= 0.3 is 0 Å². The molecule has 0 aromatic heterocycles. The standard InChI is InChI=1S/C12H17N3O5/c1-14(2)12(18)8-3-4-10(11(5-8)15(19)20)13-6-9(17)7-16/h3-5,9,13,16-17H,6-7H2,1-2H3. The van der Waals surface area contributed by atoms with Crippen LogP contribution in [-0.2, 0) is 0 Å². The summed E-state index contributed by atoms with van der Waals surface area (Å²) in [5.41, 5.74) is 0.121. The predicted molar refractivity (Wildman–Crippen MR) is 72.7 cm³/mol. The zero-order valence-electron chi connectivity index (χ0n) is 11.2. The van der Waals surface area contributed by atoms with Crippen molar-refractivity contribution in [3.63, 3.8) is 0 Å². The summed E-state index contributed by atoms with van der Waals surface area (Å²) in [7, 11) is 3.11. The first-order valence-corrected chi connectivity index (χ1v) is 5.89. The Morgan fingerprint density at radius 3 is 2.65 bits per heavy atom. The molecule has 0 aliphatic heterocycles. The third-order valence-corrected chi connectivity index (χ3v) is 2.59. The second-order valence-electron chi connectivity index (χ2n) is 4.41. The first kappa shape index (κ1) is 15.9. The summed E-state index contributed by atoms with van der Waals surface area (Å²) < 4.78 is 0. The van der Waals surface area contributed by atoms with Crippen molar-refractivity contribution in [1.82, 2.24) is 4.90 Å². The molecule has 0 spiro atoms. The van der Waals surface area contributed by atoms with E-state index >= 15 is 0 Å². The number of benzene rings is 1. The summed E-state index contributed by atoms with van der Waals surface area (Å²) in [6, 6.07) is 4.04. The number of rotatable bonds is 6. The first-order valence-electron chi connectivity index (χ1n) is 5.89. The summed E-state index contributed by atoms with van der Waals surface area (Å²) >= 11 is 0. The molecule has 0 aliphatic carbocycles. The quantitative estimate of drug-likeness (QED) is 0.502. The van der Waals surface area contributed by atoms with Crippen LogP contribution in [0.25, 0.3) is 0 Å². The minimum atomic E-state index is -1.02. The molecule has 0 saturated heterocycles. The van der Waals surface area contributed by atoms with Crippen molar-refractivity contribution >= 4 is 17.3 Å². The van der Waals surface area contributed by atoms with Crippen molar-refractivity contribution in [3.05, 3.63) is 33.9 Å². The van der Waals surface area contributed by atoms with Crippen molar-refractivity contribution < 1.29 is 19.9 Å². The summed E-state index contributed by atoms with van der Waals surface area (Å²) in [5.74, 6) is -0.338. The van der Waals surface area contributed by atoms with E-state index in [1.54, 1.807) is 14.1 Å². The topological polar surface area (TPSA) is 116 Å². The maximum absolute atomic E-state index is 11.8. The molecular weight excluding hydrogens is 266 g/mol. The van der Waals surface area contributed by atoms with Crippen LogP contribution in [-0.4, -0.2) is 59.3 Å². The molecule has 1 unspecified atom stereocenters. The number of hydrogen-bond donors (Lipinski definition) is 3. The highest BCUT2D eigenvalue weighted by atomic mass is 16.6. The number of nitro groups is 1. The zero-order chi connectivity index (χ0) is 15.3. The smallest absolute Gasteiger partial charge is 0.293 e. The number of aliphatic hydroxyl groups is 2. The van der Waals surface area contributed by atoms with Crippen LogP contribution in [0.1, 0.15) is 10.4 Å². The molecule has 0 radical (unpaired) electrons. The van der Waals surface area contributed by atoms with Gasteiger partial charge in [0, 0.05) is 32.3 Å². The second-order valence-corrected chi connectivity index (χ2v) is 4.41. The fourth-order valence-corrected chi connectivity index (χ4v) is 1.52. The van der Waals surface area contributed by atoms with Gasteiger partial charge in [0.2, 0.25) is 0 Å². The highest BCUT2D eigenvalue weighted by Gasteiger charge is 2.18. The highest BCUT2D eigenvalue weighted by Crippen LogP contribution is 2.26. The lowest BCUT2D eigenvalue weighted by Crippen LogP contribution is -2.24. The molecule has 110 valence electrons. The van der Waals surface area contributed by atoms with Crippen LogP contribution in [0.15, 0.2) is 18.2 Å². The Labute approximate surface area is 115 Å². The number of amides is 1. The van der Waals surface area contributed by atoms with E-state index in [-0.39, 0.29) is 29.4 Å². The van der Waals surface area contributed by atoms with Crippen molar-refractivity contribution in [3.8, 4) is 0 Å². The number of anilines is 1. The van der Waals surface area contributed by atoms with Gasteiger partial charge in [-0.05, 0) is 12.1 Å². The molecule has 1 aromatic carbocycles. The highest BCUT2D eigenvalue weighted by molar-refractivity contribution is 5.95. The molecule has 8 nitrogen and oxygen atoms in total. The van der Waals surface area contributed by atoms with E-state index in [1.807, 2.05) is 0 Å². The number of carbonyl (C=O) groups excluding carboxylic acids is 1. The monoisotopic (exact) mass is 283 g/mol. The van der Waals surface area contributed by atoms with Crippen LogP contribution < -0.4 is 5.32 Å². The SMILES string of the molecule is CN(C)C(=O)c1ccc(NCC(O)CO)c([N+](=O)[O-])c1. The van der Waals surface area contributed by atoms with Crippen LogP contribution in [0.3, 0.4) is 0 Å². The van der Waals surface area contributed by atoms with Gasteiger partial charge in [-0.2, -0.15) is 0 Å². The van der Waals surface area contributed by atoms with Crippen LogP contribution in [0.4, 0.5) is 11.4 Å². The van der Waals surface area contributed by atoms with Crippen molar-refractivity contribution in [2.24, 2.45) is 0 Å². The molecule has 0 bridgehead atoms. The Morgan fingerprint density at radius 2 is 2.15 bits per heavy atom. The average molecular weight is 283 g/mol. The second kappa shape index (κ2) is 6.83. The third kappa shape index (κ3) is 3.90. The molecule has 1 aromatic rings. The molecule has 0 fully saturated rings. The van der Waals surface area contributed by atoms with E-state index in [1.165, 1.54) is 23.1 Å².